The molecule has 1 aliphatic heterocycles. The van der Waals surface area contributed by atoms with Crippen molar-refractivity contribution in [1.82, 2.24) is 9.99 Å². The summed E-state index contributed by atoms with van der Waals surface area (Å²) in [5.41, 5.74) is 4.11. The van der Waals surface area contributed by atoms with Gasteiger partial charge in [0.2, 0.25) is 6.79 Å². The first-order chi connectivity index (χ1) is 17.8. The van der Waals surface area contributed by atoms with Crippen LogP contribution >= 0.6 is 34.8 Å². The maximum Gasteiger partial charge on any atom is 0.328 e. The number of rotatable bonds is 5. The van der Waals surface area contributed by atoms with Crippen molar-refractivity contribution in [3.63, 3.8) is 0 Å². The van der Waals surface area contributed by atoms with Crippen LogP contribution in [-0.4, -0.2) is 29.2 Å². The molecule has 37 heavy (non-hydrogen) atoms. The second-order valence-corrected chi connectivity index (χ2v) is 9.21. The van der Waals surface area contributed by atoms with E-state index in [2.05, 4.69) is 16.1 Å². The number of carbonyl (C=O) groups excluding carboxylic acids is 3. The Kier molecular flexibility index (Phi) is 6.84. The van der Waals surface area contributed by atoms with E-state index >= 15 is 0 Å². The van der Waals surface area contributed by atoms with E-state index in [1.54, 1.807) is 54.6 Å². The third-order valence-electron chi connectivity index (χ3n) is 5.48. The van der Waals surface area contributed by atoms with Gasteiger partial charge in [0.15, 0.2) is 11.5 Å². The van der Waals surface area contributed by atoms with Crippen LogP contribution in [0.1, 0.15) is 16.1 Å². The van der Waals surface area contributed by atoms with Gasteiger partial charge in [-0.25, -0.2) is 4.68 Å². The van der Waals surface area contributed by atoms with Gasteiger partial charge < -0.3 is 20.1 Å². The summed E-state index contributed by atoms with van der Waals surface area (Å²) >= 11 is 18.1. The van der Waals surface area contributed by atoms with Gasteiger partial charge in [0, 0.05) is 22.6 Å². The molecule has 0 bridgehead atoms. The van der Waals surface area contributed by atoms with Crippen molar-refractivity contribution < 1.29 is 23.9 Å². The Bertz CT molecular complexity index is 1570. The number of ether oxygens (including phenoxy) is 2. The number of anilines is 1. The highest BCUT2D eigenvalue weighted by Gasteiger charge is 2.22. The molecule has 0 aliphatic carbocycles. The van der Waals surface area contributed by atoms with Crippen molar-refractivity contribution in [3.05, 3.63) is 87.0 Å². The monoisotopic (exact) mass is 558 g/mol. The number of aromatic nitrogens is 1. The summed E-state index contributed by atoms with van der Waals surface area (Å²) in [4.78, 5) is 38.5. The lowest BCUT2D eigenvalue weighted by Gasteiger charge is -2.13. The number of carbonyl (C=O) groups is 3. The number of nitrogens with one attached hydrogen (secondary N) is 3. The van der Waals surface area contributed by atoms with E-state index in [-0.39, 0.29) is 24.1 Å². The molecule has 188 valence electrons. The molecule has 3 N–H and O–H groups in total. The molecular weight excluding hydrogens is 543 g/mol. The highest BCUT2D eigenvalue weighted by atomic mass is 35.5. The molecule has 0 saturated carbocycles. The molecule has 0 spiro atoms. The minimum absolute atomic E-state index is 0.0558. The Balaban J connectivity index is 1.35. The maximum atomic E-state index is 13.1. The number of fused-ring (bicyclic) bond motifs is 2. The fourth-order valence-corrected chi connectivity index (χ4v) is 4.19. The van der Waals surface area contributed by atoms with Gasteiger partial charge in [0.25, 0.3) is 5.91 Å². The number of hydrogen-bond donors (Lipinski definition) is 3. The standard InChI is InChI=1S/C25H17Cl3N4O5/c26-15-2-5-19-14(8-15)9-20(23(33)30-16-3-4-17(27)18(28)10-16)32(19)31-25(35)24(34)29-11-13-1-6-21-22(7-13)37-12-36-21/h1-10H,11-12H2,(H,29,34)(H,30,33)(H,31,35). The van der Waals surface area contributed by atoms with Crippen molar-refractivity contribution in [3.8, 4) is 11.5 Å². The van der Waals surface area contributed by atoms with Gasteiger partial charge >= 0.3 is 11.8 Å². The molecule has 1 aromatic heterocycles. The van der Waals surface area contributed by atoms with Crippen LogP contribution in [0.5, 0.6) is 11.5 Å². The Morgan fingerprint density at radius 2 is 1.65 bits per heavy atom. The first-order valence-electron chi connectivity index (χ1n) is 10.8. The van der Waals surface area contributed by atoms with E-state index in [1.807, 2.05) is 0 Å². The molecule has 0 unspecified atom stereocenters. The molecule has 0 atom stereocenters. The summed E-state index contributed by atoms with van der Waals surface area (Å²) in [5.74, 6) is -1.27. The molecular formula is C25H17Cl3N4O5. The van der Waals surface area contributed by atoms with Gasteiger partial charge in [-0.1, -0.05) is 40.9 Å². The van der Waals surface area contributed by atoms with Crippen LogP contribution in [0.25, 0.3) is 10.9 Å². The van der Waals surface area contributed by atoms with E-state index in [0.29, 0.717) is 43.7 Å². The number of amides is 3. The van der Waals surface area contributed by atoms with E-state index in [0.717, 1.165) is 0 Å². The molecule has 9 nitrogen and oxygen atoms in total. The maximum absolute atomic E-state index is 13.1. The zero-order chi connectivity index (χ0) is 26.1. The highest BCUT2D eigenvalue weighted by Crippen LogP contribution is 2.32. The molecule has 1 aliphatic rings. The second kappa shape index (κ2) is 10.2. The predicted octanol–water partition coefficient (Wildman–Crippen LogP) is 4.97. The lowest BCUT2D eigenvalue weighted by Crippen LogP contribution is -2.39. The third-order valence-corrected chi connectivity index (χ3v) is 6.46. The average Bonchev–Trinajstić information content (AvgIpc) is 3.48. The normalized spacial score (nSPS) is 11.9. The molecule has 0 saturated heterocycles. The number of nitrogens with zero attached hydrogens (tertiary/aromatic N) is 1. The fourth-order valence-electron chi connectivity index (χ4n) is 3.71. The van der Waals surface area contributed by atoms with Crippen LogP contribution < -0.4 is 25.5 Å². The van der Waals surface area contributed by atoms with Gasteiger partial charge in [0.1, 0.15) is 5.69 Å². The first-order valence-corrected chi connectivity index (χ1v) is 12.0. The highest BCUT2D eigenvalue weighted by molar-refractivity contribution is 6.42. The summed E-state index contributed by atoms with van der Waals surface area (Å²) in [6, 6.07) is 16.2. The summed E-state index contributed by atoms with van der Waals surface area (Å²) in [7, 11) is 0. The van der Waals surface area contributed by atoms with Crippen molar-refractivity contribution in [2.45, 2.75) is 6.54 Å². The van der Waals surface area contributed by atoms with Gasteiger partial charge in [-0.2, -0.15) is 0 Å². The SMILES string of the molecule is O=C(NCc1ccc2c(c1)OCO2)C(=O)Nn1c(C(=O)Nc2ccc(Cl)c(Cl)c2)cc2cc(Cl)ccc21. The zero-order valence-corrected chi connectivity index (χ0v) is 21.1. The largest absolute Gasteiger partial charge is 0.454 e. The number of halogens is 3. The molecule has 4 aromatic rings. The van der Waals surface area contributed by atoms with Crippen LogP contribution in [-0.2, 0) is 16.1 Å². The topological polar surface area (TPSA) is 111 Å². The predicted molar refractivity (Wildman–Crippen MR) is 140 cm³/mol. The van der Waals surface area contributed by atoms with Gasteiger partial charge in [-0.05, 0) is 60.2 Å². The summed E-state index contributed by atoms with van der Waals surface area (Å²) in [5, 5.41) is 6.87. The van der Waals surface area contributed by atoms with Crippen LogP contribution in [0.4, 0.5) is 5.69 Å². The first kappa shape index (κ1) is 24.8. The quantitative estimate of drug-likeness (QED) is 0.299. The molecule has 0 fully saturated rings. The Morgan fingerprint density at radius 1 is 0.838 bits per heavy atom. The van der Waals surface area contributed by atoms with Gasteiger partial charge in [-0.15, -0.1) is 0 Å². The zero-order valence-electron chi connectivity index (χ0n) is 18.8. The lowest BCUT2D eigenvalue weighted by molar-refractivity contribution is -0.136. The minimum Gasteiger partial charge on any atom is -0.454 e. The number of benzene rings is 3. The summed E-state index contributed by atoms with van der Waals surface area (Å²) < 4.78 is 11.8. The molecule has 3 amide bonds. The molecule has 0 radical (unpaired) electrons. The van der Waals surface area contributed by atoms with Crippen LogP contribution in [0.3, 0.4) is 0 Å². The van der Waals surface area contributed by atoms with Gasteiger partial charge in [-0.3, -0.25) is 19.8 Å². The Morgan fingerprint density at radius 3 is 2.46 bits per heavy atom. The second-order valence-electron chi connectivity index (χ2n) is 7.96. The van der Waals surface area contributed by atoms with Crippen LogP contribution in [0, 0.1) is 0 Å². The van der Waals surface area contributed by atoms with E-state index in [1.165, 1.54) is 10.7 Å². The Hall–Kier alpha value is -3.92. The van der Waals surface area contributed by atoms with Crippen molar-refractivity contribution in [2.75, 3.05) is 17.5 Å². The fraction of sp³-hybridized carbons (Fsp3) is 0.0800. The average molecular weight is 560 g/mol. The molecule has 3 aromatic carbocycles. The summed E-state index contributed by atoms with van der Waals surface area (Å²) in [6.07, 6.45) is 0. The Labute approximate surface area is 225 Å². The van der Waals surface area contributed by atoms with E-state index < -0.39 is 17.7 Å². The lowest BCUT2D eigenvalue weighted by atomic mass is 10.2. The van der Waals surface area contributed by atoms with Crippen LogP contribution in [0.15, 0.2) is 60.7 Å². The smallest absolute Gasteiger partial charge is 0.328 e. The van der Waals surface area contributed by atoms with Crippen molar-refractivity contribution in [1.29, 1.82) is 0 Å². The molecule has 12 heteroatoms. The third kappa shape index (κ3) is 5.29. The van der Waals surface area contributed by atoms with Crippen LogP contribution in [0.2, 0.25) is 15.1 Å². The van der Waals surface area contributed by atoms with E-state index in [9.17, 15) is 14.4 Å². The molecule has 2 heterocycles. The van der Waals surface area contributed by atoms with Crippen molar-refractivity contribution >= 4 is 69.1 Å². The minimum atomic E-state index is -0.975. The summed E-state index contributed by atoms with van der Waals surface area (Å²) in [6.45, 7) is 0.208. The number of hydrogen-bond acceptors (Lipinski definition) is 5. The van der Waals surface area contributed by atoms with Crippen molar-refractivity contribution in [2.24, 2.45) is 0 Å². The van der Waals surface area contributed by atoms with E-state index in [4.69, 9.17) is 44.3 Å². The van der Waals surface area contributed by atoms with Gasteiger partial charge in [0.05, 0.1) is 15.6 Å². The molecule has 5 rings (SSSR count).